The number of benzene rings is 2. The van der Waals surface area contributed by atoms with E-state index in [-0.39, 0.29) is 10.6 Å². The highest BCUT2D eigenvalue weighted by Crippen LogP contribution is 2.38. The second-order valence-electron chi connectivity index (χ2n) is 3.69. The Morgan fingerprint density at radius 3 is 2.11 bits per heavy atom. The molecule has 1 atom stereocenters. The van der Waals surface area contributed by atoms with Crippen LogP contribution in [0.3, 0.4) is 0 Å². The SMILES string of the molecule is Fc1cc(Br)ccc1C(Br)c1cc(Br)ccc1Br. The molecular formula is C13H7Br4F. The van der Waals surface area contributed by atoms with E-state index in [9.17, 15) is 4.39 Å². The molecule has 0 aromatic heterocycles. The summed E-state index contributed by atoms with van der Waals surface area (Å²) in [5.41, 5.74) is 1.59. The lowest BCUT2D eigenvalue weighted by molar-refractivity contribution is 0.612. The Hall–Kier alpha value is 0.290. The van der Waals surface area contributed by atoms with Crippen molar-refractivity contribution in [3.63, 3.8) is 0 Å². The molecule has 2 aromatic rings. The third-order valence-corrected chi connectivity index (χ3v) is 5.16. The van der Waals surface area contributed by atoms with Crippen LogP contribution in [-0.2, 0) is 0 Å². The summed E-state index contributed by atoms with van der Waals surface area (Å²) in [6.07, 6.45) is 0. The maximum Gasteiger partial charge on any atom is 0.129 e. The van der Waals surface area contributed by atoms with Gasteiger partial charge in [0.25, 0.3) is 0 Å². The van der Waals surface area contributed by atoms with E-state index in [1.807, 2.05) is 24.3 Å². The molecule has 5 heteroatoms. The Balaban J connectivity index is 2.47. The average molecular weight is 502 g/mol. The summed E-state index contributed by atoms with van der Waals surface area (Å²) in [5, 5.41) is 0. The highest BCUT2D eigenvalue weighted by atomic mass is 79.9. The van der Waals surface area contributed by atoms with Crippen LogP contribution in [0.15, 0.2) is 49.8 Å². The summed E-state index contributed by atoms with van der Waals surface area (Å²) in [5.74, 6) is -0.238. The standard InChI is InChI=1S/C13H7Br4F/c14-7-2-4-11(16)10(5-7)13(17)9-3-1-8(15)6-12(9)18/h1-6,13H. The Morgan fingerprint density at radius 1 is 0.833 bits per heavy atom. The Labute approximate surface area is 138 Å². The van der Waals surface area contributed by atoms with Crippen LogP contribution in [0.2, 0.25) is 0 Å². The van der Waals surface area contributed by atoms with Crippen LogP contribution in [0.1, 0.15) is 16.0 Å². The van der Waals surface area contributed by atoms with E-state index in [0.717, 1.165) is 19.0 Å². The van der Waals surface area contributed by atoms with Crippen LogP contribution in [0, 0.1) is 5.82 Å². The average Bonchev–Trinajstić information content (AvgIpc) is 2.31. The summed E-state index contributed by atoms with van der Waals surface area (Å²) < 4.78 is 16.6. The van der Waals surface area contributed by atoms with Gasteiger partial charge in [-0.3, -0.25) is 0 Å². The molecular weight excluding hydrogens is 495 g/mol. The van der Waals surface area contributed by atoms with Crippen molar-refractivity contribution in [3.05, 3.63) is 66.8 Å². The summed E-state index contributed by atoms with van der Waals surface area (Å²) in [6.45, 7) is 0. The maximum absolute atomic E-state index is 13.9. The number of rotatable bonds is 2. The van der Waals surface area contributed by atoms with E-state index in [4.69, 9.17) is 0 Å². The van der Waals surface area contributed by atoms with Crippen molar-refractivity contribution < 1.29 is 4.39 Å². The van der Waals surface area contributed by atoms with Crippen molar-refractivity contribution in [2.24, 2.45) is 0 Å². The maximum atomic E-state index is 13.9. The van der Waals surface area contributed by atoms with Crippen molar-refractivity contribution in [3.8, 4) is 0 Å². The third kappa shape index (κ3) is 3.24. The van der Waals surface area contributed by atoms with E-state index in [2.05, 4.69) is 63.7 Å². The molecule has 0 aliphatic carbocycles. The van der Waals surface area contributed by atoms with Crippen molar-refractivity contribution in [2.45, 2.75) is 4.83 Å². The first-order chi connectivity index (χ1) is 8.49. The number of alkyl halides is 1. The largest absolute Gasteiger partial charge is 0.207 e. The third-order valence-electron chi connectivity index (χ3n) is 2.47. The van der Waals surface area contributed by atoms with Gasteiger partial charge in [0.05, 0.1) is 4.83 Å². The lowest BCUT2D eigenvalue weighted by Crippen LogP contribution is -1.97. The van der Waals surface area contributed by atoms with Gasteiger partial charge in [-0.05, 0) is 35.9 Å². The molecule has 0 bridgehead atoms. The van der Waals surface area contributed by atoms with Crippen LogP contribution in [0.5, 0.6) is 0 Å². The fourth-order valence-electron chi connectivity index (χ4n) is 1.58. The predicted octanol–water partition coefficient (Wildman–Crippen LogP) is 6.60. The molecule has 0 spiro atoms. The highest BCUT2D eigenvalue weighted by molar-refractivity contribution is 9.11. The minimum Gasteiger partial charge on any atom is -0.207 e. The van der Waals surface area contributed by atoms with Crippen LogP contribution in [-0.4, -0.2) is 0 Å². The zero-order chi connectivity index (χ0) is 13.3. The molecule has 0 nitrogen and oxygen atoms in total. The van der Waals surface area contributed by atoms with Crippen molar-refractivity contribution in [1.82, 2.24) is 0 Å². The number of hydrogen-bond acceptors (Lipinski definition) is 0. The molecule has 0 radical (unpaired) electrons. The van der Waals surface area contributed by atoms with Crippen LogP contribution in [0.4, 0.5) is 4.39 Å². The first-order valence-corrected chi connectivity index (χ1v) is 8.32. The topological polar surface area (TPSA) is 0 Å². The van der Waals surface area contributed by atoms with Crippen LogP contribution < -0.4 is 0 Å². The smallest absolute Gasteiger partial charge is 0.129 e. The second-order valence-corrected chi connectivity index (χ2v) is 7.30. The van der Waals surface area contributed by atoms with Crippen LogP contribution in [0.25, 0.3) is 0 Å². The van der Waals surface area contributed by atoms with Gasteiger partial charge in [0.1, 0.15) is 5.82 Å². The molecule has 0 saturated carbocycles. The summed E-state index contributed by atoms with van der Waals surface area (Å²) in [4.78, 5) is -0.197. The van der Waals surface area contributed by atoms with Gasteiger partial charge in [0.15, 0.2) is 0 Å². The van der Waals surface area contributed by atoms with Gasteiger partial charge in [-0.2, -0.15) is 0 Å². The van der Waals surface area contributed by atoms with Gasteiger partial charge >= 0.3 is 0 Å². The lowest BCUT2D eigenvalue weighted by Gasteiger charge is -2.14. The van der Waals surface area contributed by atoms with Gasteiger partial charge < -0.3 is 0 Å². The summed E-state index contributed by atoms with van der Waals surface area (Å²) in [7, 11) is 0. The Kier molecular flexibility index (Phi) is 5.03. The zero-order valence-corrected chi connectivity index (χ0v) is 15.3. The predicted molar refractivity (Wildman–Crippen MR) is 86.7 cm³/mol. The number of hydrogen-bond donors (Lipinski definition) is 0. The highest BCUT2D eigenvalue weighted by Gasteiger charge is 2.17. The molecule has 0 saturated heterocycles. The lowest BCUT2D eigenvalue weighted by atomic mass is 10.0. The van der Waals surface area contributed by atoms with E-state index < -0.39 is 0 Å². The summed E-state index contributed by atoms with van der Waals surface area (Å²) in [6, 6.07) is 10.9. The summed E-state index contributed by atoms with van der Waals surface area (Å²) >= 11 is 13.7. The van der Waals surface area contributed by atoms with E-state index in [1.54, 1.807) is 6.07 Å². The molecule has 0 N–H and O–H groups in total. The Bertz CT molecular complexity index is 583. The molecule has 1 unspecified atom stereocenters. The first-order valence-electron chi connectivity index (χ1n) is 5.03. The van der Waals surface area contributed by atoms with Gasteiger partial charge in [0.2, 0.25) is 0 Å². The van der Waals surface area contributed by atoms with E-state index in [0.29, 0.717) is 5.56 Å². The van der Waals surface area contributed by atoms with Crippen LogP contribution >= 0.6 is 63.7 Å². The van der Waals surface area contributed by atoms with Crippen molar-refractivity contribution in [2.75, 3.05) is 0 Å². The first kappa shape index (κ1) is 14.7. The molecule has 94 valence electrons. The zero-order valence-electron chi connectivity index (χ0n) is 8.93. The fraction of sp³-hybridized carbons (Fsp3) is 0.0769. The van der Waals surface area contributed by atoms with Crippen molar-refractivity contribution >= 4 is 63.7 Å². The molecule has 0 aliphatic rings. The van der Waals surface area contributed by atoms with Gasteiger partial charge in [0, 0.05) is 19.0 Å². The molecule has 0 heterocycles. The Morgan fingerprint density at radius 2 is 1.44 bits per heavy atom. The second kappa shape index (κ2) is 6.16. The van der Waals surface area contributed by atoms with Gasteiger partial charge in [-0.15, -0.1) is 0 Å². The molecule has 2 aromatic carbocycles. The number of halogens is 5. The van der Waals surface area contributed by atoms with E-state index >= 15 is 0 Å². The van der Waals surface area contributed by atoms with Gasteiger partial charge in [-0.1, -0.05) is 69.8 Å². The van der Waals surface area contributed by atoms with Gasteiger partial charge in [-0.25, -0.2) is 4.39 Å². The molecule has 0 fully saturated rings. The molecule has 0 aliphatic heterocycles. The molecule has 0 amide bonds. The minimum absolute atomic E-state index is 0.197. The van der Waals surface area contributed by atoms with Crippen molar-refractivity contribution in [1.29, 1.82) is 0 Å². The van der Waals surface area contributed by atoms with E-state index in [1.165, 1.54) is 6.07 Å². The minimum atomic E-state index is -0.238. The normalized spacial score (nSPS) is 12.5. The molecule has 2 rings (SSSR count). The quantitative estimate of drug-likeness (QED) is 0.407. The fourth-order valence-corrected chi connectivity index (χ4v) is 3.83. The molecule has 18 heavy (non-hydrogen) atoms. The monoisotopic (exact) mass is 498 g/mol.